The summed E-state index contributed by atoms with van der Waals surface area (Å²) in [5.41, 5.74) is 1.21. The Morgan fingerprint density at radius 2 is 2.12 bits per heavy atom. The molecule has 3 rings (SSSR count). The van der Waals surface area contributed by atoms with Crippen molar-refractivity contribution in [3.8, 4) is 0 Å². The lowest BCUT2D eigenvalue weighted by Crippen LogP contribution is -2.36. The Kier molecular flexibility index (Phi) is 5.06. The monoisotopic (exact) mass is 347 g/mol. The molecule has 2 aromatic rings. The van der Waals surface area contributed by atoms with Crippen LogP contribution in [0, 0.1) is 0 Å². The van der Waals surface area contributed by atoms with Crippen molar-refractivity contribution < 1.29 is 0 Å². The van der Waals surface area contributed by atoms with Crippen LogP contribution in [0.1, 0.15) is 75.8 Å². The van der Waals surface area contributed by atoms with Crippen molar-refractivity contribution in [2.45, 2.75) is 71.4 Å². The smallest absolute Gasteiger partial charge is 0.141 e. The zero-order chi connectivity index (χ0) is 17.3. The van der Waals surface area contributed by atoms with Gasteiger partial charge in [-0.05, 0) is 46.1 Å². The molecule has 1 fully saturated rings. The van der Waals surface area contributed by atoms with Crippen LogP contribution in [0.25, 0.3) is 0 Å². The Labute approximate surface area is 149 Å². The van der Waals surface area contributed by atoms with E-state index in [2.05, 4.69) is 59.7 Å². The molecule has 0 N–H and O–H groups in total. The van der Waals surface area contributed by atoms with Crippen molar-refractivity contribution in [3.63, 3.8) is 0 Å². The van der Waals surface area contributed by atoms with Crippen molar-refractivity contribution in [1.82, 2.24) is 24.6 Å². The molecule has 6 heteroatoms. The molecule has 0 aliphatic carbocycles. The third kappa shape index (κ3) is 3.86. The summed E-state index contributed by atoms with van der Waals surface area (Å²) >= 11 is 1.83. The molecule has 0 spiro atoms. The van der Waals surface area contributed by atoms with E-state index in [4.69, 9.17) is 4.98 Å². The SMILES string of the molecule is CC(C)c1csc(C2CCCN(Cc3ncnn3C(C)(C)C)C2)n1. The Morgan fingerprint density at radius 1 is 1.33 bits per heavy atom. The number of likely N-dealkylation sites (tertiary alicyclic amines) is 1. The number of rotatable bonds is 4. The molecule has 1 aliphatic rings. The molecule has 3 heterocycles. The summed E-state index contributed by atoms with van der Waals surface area (Å²) in [5.74, 6) is 2.13. The molecule has 1 atom stereocenters. The fourth-order valence-electron chi connectivity index (χ4n) is 3.29. The molecule has 1 aliphatic heterocycles. The van der Waals surface area contributed by atoms with Crippen molar-refractivity contribution in [3.05, 3.63) is 28.2 Å². The van der Waals surface area contributed by atoms with E-state index in [1.54, 1.807) is 6.33 Å². The normalized spacial score (nSPS) is 20.0. The Balaban J connectivity index is 1.69. The third-order valence-corrected chi connectivity index (χ3v) is 5.63. The van der Waals surface area contributed by atoms with E-state index in [0.29, 0.717) is 11.8 Å². The van der Waals surface area contributed by atoms with E-state index in [0.717, 1.165) is 25.5 Å². The lowest BCUT2D eigenvalue weighted by molar-refractivity contribution is 0.186. The first kappa shape index (κ1) is 17.5. The molecule has 24 heavy (non-hydrogen) atoms. The van der Waals surface area contributed by atoms with Crippen LogP contribution in [0.3, 0.4) is 0 Å². The van der Waals surface area contributed by atoms with Gasteiger partial charge >= 0.3 is 0 Å². The van der Waals surface area contributed by atoms with Gasteiger partial charge in [0.25, 0.3) is 0 Å². The van der Waals surface area contributed by atoms with Crippen LogP contribution in [0.15, 0.2) is 11.7 Å². The van der Waals surface area contributed by atoms with Crippen LogP contribution < -0.4 is 0 Å². The summed E-state index contributed by atoms with van der Waals surface area (Å²) in [4.78, 5) is 11.9. The Hall–Kier alpha value is -1.27. The predicted molar refractivity (Wildman–Crippen MR) is 98.5 cm³/mol. The number of piperidine rings is 1. The average Bonchev–Trinajstić information content (AvgIpc) is 3.15. The highest BCUT2D eigenvalue weighted by Gasteiger charge is 2.26. The van der Waals surface area contributed by atoms with Crippen LogP contribution in [-0.4, -0.2) is 37.7 Å². The van der Waals surface area contributed by atoms with Gasteiger partial charge in [0.15, 0.2) is 0 Å². The predicted octanol–water partition coefficient (Wildman–Crippen LogP) is 3.99. The zero-order valence-electron chi connectivity index (χ0n) is 15.5. The molecule has 0 radical (unpaired) electrons. The second-order valence-corrected chi connectivity index (χ2v) is 8.99. The summed E-state index contributed by atoms with van der Waals surface area (Å²) in [7, 11) is 0. The summed E-state index contributed by atoms with van der Waals surface area (Å²) in [6.45, 7) is 14.0. The van der Waals surface area contributed by atoms with Gasteiger partial charge in [0.1, 0.15) is 12.2 Å². The van der Waals surface area contributed by atoms with E-state index < -0.39 is 0 Å². The average molecular weight is 348 g/mol. The lowest BCUT2D eigenvalue weighted by atomic mass is 9.98. The second-order valence-electron chi connectivity index (χ2n) is 8.10. The number of aromatic nitrogens is 4. The quantitative estimate of drug-likeness (QED) is 0.839. The molecule has 0 bridgehead atoms. The van der Waals surface area contributed by atoms with Crippen LogP contribution in [0.5, 0.6) is 0 Å². The van der Waals surface area contributed by atoms with Crippen molar-refractivity contribution in [2.24, 2.45) is 0 Å². The molecular weight excluding hydrogens is 318 g/mol. The Morgan fingerprint density at radius 3 is 2.79 bits per heavy atom. The highest BCUT2D eigenvalue weighted by Crippen LogP contribution is 2.31. The van der Waals surface area contributed by atoms with Gasteiger partial charge in [0, 0.05) is 17.8 Å². The maximum absolute atomic E-state index is 4.88. The third-order valence-electron chi connectivity index (χ3n) is 4.60. The Bertz CT molecular complexity index is 667. The number of nitrogens with zero attached hydrogens (tertiary/aromatic N) is 5. The molecule has 2 aromatic heterocycles. The number of hydrogen-bond acceptors (Lipinski definition) is 5. The van der Waals surface area contributed by atoms with E-state index in [-0.39, 0.29) is 5.54 Å². The van der Waals surface area contributed by atoms with Crippen molar-refractivity contribution in [1.29, 1.82) is 0 Å². The summed E-state index contributed by atoms with van der Waals surface area (Å²) in [6.07, 6.45) is 4.15. The summed E-state index contributed by atoms with van der Waals surface area (Å²) < 4.78 is 2.05. The highest BCUT2D eigenvalue weighted by molar-refractivity contribution is 7.09. The van der Waals surface area contributed by atoms with Crippen LogP contribution >= 0.6 is 11.3 Å². The number of hydrogen-bond donors (Lipinski definition) is 0. The molecule has 0 aromatic carbocycles. The van der Waals surface area contributed by atoms with E-state index >= 15 is 0 Å². The fourth-order valence-corrected chi connectivity index (χ4v) is 4.40. The first-order valence-electron chi connectivity index (χ1n) is 8.91. The van der Waals surface area contributed by atoms with Gasteiger partial charge in [0.05, 0.1) is 22.8 Å². The highest BCUT2D eigenvalue weighted by atomic mass is 32.1. The van der Waals surface area contributed by atoms with Gasteiger partial charge in [-0.15, -0.1) is 11.3 Å². The van der Waals surface area contributed by atoms with E-state index in [9.17, 15) is 0 Å². The number of thiazole rings is 1. The van der Waals surface area contributed by atoms with Crippen molar-refractivity contribution >= 4 is 11.3 Å². The van der Waals surface area contributed by atoms with Gasteiger partial charge in [-0.2, -0.15) is 5.10 Å². The lowest BCUT2D eigenvalue weighted by Gasteiger charge is -2.32. The maximum Gasteiger partial charge on any atom is 0.141 e. The maximum atomic E-state index is 4.88. The largest absolute Gasteiger partial charge is 0.295 e. The van der Waals surface area contributed by atoms with Gasteiger partial charge in [-0.1, -0.05) is 13.8 Å². The molecule has 5 nitrogen and oxygen atoms in total. The molecule has 1 saturated heterocycles. The van der Waals surface area contributed by atoms with Gasteiger partial charge in [0.2, 0.25) is 0 Å². The summed E-state index contributed by atoms with van der Waals surface area (Å²) in [5, 5.41) is 7.96. The second kappa shape index (κ2) is 6.92. The molecule has 0 saturated carbocycles. The first-order valence-corrected chi connectivity index (χ1v) is 9.79. The van der Waals surface area contributed by atoms with Crippen LogP contribution in [-0.2, 0) is 12.1 Å². The van der Waals surface area contributed by atoms with Crippen LogP contribution in [0.2, 0.25) is 0 Å². The minimum Gasteiger partial charge on any atom is -0.295 e. The molecule has 0 amide bonds. The first-order chi connectivity index (χ1) is 11.3. The minimum atomic E-state index is -0.0253. The molecule has 132 valence electrons. The topological polar surface area (TPSA) is 46.8 Å². The minimum absolute atomic E-state index is 0.0253. The molecule has 1 unspecified atom stereocenters. The summed E-state index contributed by atoms with van der Waals surface area (Å²) in [6, 6.07) is 0. The van der Waals surface area contributed by atoms with Crippen molar-refractivity contribution in [2.75, 3.05) is 13.1 Å². The van der Waals surface area contributed by atoms with Gasteiger partial charge < -0.3 is 0 Å². The molecular formula is C18H29N5S. The standard InChI is InChI=1S/C18H29N5S/c1-13(2)15-11-24-17(21-15)14-7-6-8-22(9-14)10-16-19-12-20-23(16)18(3,4)5/h11-14H,6-10H2,1-5H3. The fraction of sp³-hybridized carbons (Fsp3) is 0.722. The zero-order valence-corrected chi connectivity index (χ0v) is 16.3. The van der Waals surface area contributed by atoms with Gasteiger partial charge in [-0.3, -0.25) is 4.90 Å². The van der Waals surface area contributed by atoms with Crippen LogP contribution in [0.4, 0.5) is 0 Å². The van der Waals surface area contributed by atoms with E-state index in [1.807, 2.05) is 11.3 Å². The van der Waals surface area contributed by atoms with E-state index in [1.165, 1.54) is 23.5 Å². The van der Waals surface area contributed by atoms with Gasteiger partial charge in [-0.25, -0.2) is 14.6 Å².